The van der Waals surface area contributed by atoms with Crippen LogP contribution in [-0.2, 0) is 0 Å². The van der Waals surface area contributed by atoms with Crippen LogP contribution in [0.5, 0.6) is 5.75 Å². The maximum absolute atomic E-state index is 9.86. The van der Waals surface area contributed by atoms with Crippen LogP contribution in [0.2, 0.25) is 0 Å². The highest BCUT2D eigenvalue weighted by Gasteiger charge is 2.35. The number of piperazine rings is 1. The topological polar surface area (TPSA) is 44.7 Å². The smallest absolute Gasteiger partial charge is 0.119 e. The van der Waals surface area contributed by atoms with Crippen molar-refractivity contribution in [1.29, 1.82) is 0 Å². The molecule has 1 aromatic rings. The Kier molecular flexibility index (Phi) is 7.81. The zero-order valence-electron chi connectivity index (χ0n) is 14.7. The van der Waals surface area contributed by atoms with Crippen molar-refractivity contribution in [2.24, 2.45) is 5.41 Å². The van der Waals surface area contributed by atoms with E-state index in [4.69, 9.17) is 4.74 Å². The predicted molar refractivity (Wildman–Crippen MR) is 97.5 cm³/mol. The normalized spacial score (nSPS) is 17.7. The van der Waals surface area contributed by atoms with Crippen LogP contribution in [-0.4, -0.2) is 48.9 Å². The van der Waals surface area contributed by atoms with Crippen LogP contribution in [0, 0.1) is 5.41 Å². The number of aliphatic hydroxyl groups excluding tert-OH is 1. The fraction of sp³-hybridized carbons (Fsp3) is 0.667. The Balaban J connectivity index is 0.00000264. The summed E-state index contributed by atoms with van der Waals surface area (Å²) in [5, 5.41) is 13.3. The molecule has 1 aromatic carbocycles. The molecule has 0 amide bonds. The van der Waals surface area contributed by atoms with Crippen molar-refractivity contribution in [2.75, 3.05) is 32.8 Å². The molecule has 2 N–H and O–H groups in total. The van der Waals surface area contributed by atoms with Crippen LogP contribution in [0.25, 0.3) is 0 Å². The van der Waals surface area contributed by atoms with Crippen LogP contribution < -0.4 is 10.1 Å². The summed E-state index contributed by atoms with van der Waals surface area (Å²) >= 11 is 0. The van der Waals surface area contributed by atoms with Crippen molar-refractivity contribution in [3.05, 3.63) is 29.8 Å². The third-order valence-corrected chi connectivity index (χ3v) is 4.23. The third kappa shape index (κ3) is 5.35. The largest absolute Gasteiger partial charge is 0.491 e. The molecule has 4 nitrogen and oxygen atoms in total. The van der Waals surface area contributed by atoms with Gasteiger partial charge in [-0.15, -0.1) is 12.4 Å². The first-order valence-electron chi connectivity index (χ1n) is 8.26. The van der Waals surface area contributed by atoms with Crippen molar-refractivity contribution in [3.63, 3.8) is 0 Å². The van der Waals surface area contributed by atoms with Crippen LogP contribution in [0.4, 0.5) is 0 Å². The van der Waals surface area contributed by atoms with Crippen molar-refractivity contribution < 1.29 is 9.84 Å². The van der Waals surface area contributed by atoms with Crippen molar-refractivity contribution in [2.45, 2.75) is 39.8 Å². The third-order valence-electron chi connectivity index (χ3n) is 4.23. The summed E-state index contributed by atoms with van der Waals surface area (Å²) in [6, 6.07) is 8.58. The van der Waals surface area contributed by atoms with E-state index < -0.39 is 0 Å². The van der Waals surface area contributed by atoms with E-state index in [2.05, 4.69) is 36.2 Å². The van der Waals surface area contributed by atoms with Crippen molar-refractivity contribution in [1.82, 2.24) is 10.2 Å². The Morgan fingerprint density at radius 3 is 2.22 bits per heavy atom. The molecule has 1 aliphatic heterocycles. The van der Waals surface area contributed by atoms with Crippen molar-refractivity contribution in [3.8, 4) is 5.75 Å². The van der Waals surface area contributed by atoms with Gasteiger partial charge in [0.25, 0.3) is 0 Å². The minimum atomic E-state index is -0.183. The number of rotatable bonds is 6. The van der Waals surface area contributed by atoms with Crippen molar-refractivity contribution >= 4 is 12.4 Å². The molecule has 0 saturated carbocycles. The second kappa shape index (κ2) is 8.88. The van der Waals surface area contributed by atoms with Gasteiger partial charge in [-0.1, -0.05) is 26.0 Å². The summed E-state index contributed by atoms with van der Waals surface area (Å²) < 4.78 is 5.73. The zero-order valence-corrected chi connectivity index (χ0v) is 15.5. The van der Waals surface area contributed by atoms with E-state index in [-0.39, 0.29) is 36.6 Å². The van der Waals surface area contributed by atoms with Crippen LogP contribution in [0.15, 0.2) is 24.3 Å². The summed E-state index contributed by atoms with van der Waals surface area (Å²) in [6.45, 7) is 12.6. The van der Waals surface area contributed by atoms with Crippen LogP contribution >= 0.6 is 12.4 Å². The lowest BCUT2D eigenvalue weighted by Gasteiger charge is -2.43. The number of ether oxygens (including phenoxy) is 1. The van der Waals surface area contributed by atoms with Gasteiger partial charge in [-0.05, 0) is 31.5 Å². The van der Waals surface area contributed by atoms with Gasteiger partial charge in [-0.2, -0.15) is 0 Å². The Labute approximate surface area is 146 Å². The molecule has 2 rings (SSSR count). The summed E-state index contributed by atoms with van der Waals surface area (Å²) in [4.78, 5) is 2.48. The van der Waals surface area contributed by atoms with Gasteiger partial charge in [0.15, 0.2) is 0 Å². The minimum absolute atomic E-state index is 0. The highest BCUT2D eigenvalue weighted by molar-refractivity contribution is 5.85. The maximum atomic E-state index is 9.86. The molecule has 5 heteroatoms. The SMILES string of the molecule is CC(C)Oc1ccc([C@@H](N2CCNCC2)C(C)(C)CO)cc1.Cl. The quantitative estimate of drug-likeness (QED) is 0.834. The maximum Gasteiger partial charge on any atom is 0.119 e. The standard InChI is InChI=1S/C18H30N2O2.ClH/c1-14(2)22-16-7-5-15(6-8-16)17(18(3,4)13-21)20-11-9-19-10-12-20;/h5-8,14,17,19,21H,9-13H2,1-4H3;1H/t17-;/m1./s1. The first-order valence-corrected chi connectivity index (χ1v) is 8.26. The van der Waals surface area contributed by atoms with Crippen LogP contribution in [0.1, 0.15) is 39.3 Å². The van der Waals surface area contributed by atoms with E-state index in [0.717, 1.165) is 31.9 Å². The minimum Gasteiger partial charge on any atom is -0.491 e. The molecule has 1 atom stereocenters. The van der Waals surface area contributed by atoms with E-state index in [0.29, 0.717) is 0 Å². The molecule has 1 fully saturated rings. The number of hydrogen-bond acceptors (Lipinski definition) is 4. The lowest BCUT2D eigenvalue weighted by Crippen LogP contribution is -2.49. The predicted octanol–water partition coefficient (Wildman–Crippen LogP) is 2.86. The average Bonchev–Trinajstić information content (AvgIpc) is 2.49. The lowest BCUT2D eigenvalue weighted by atomic mass is 9.79. The van der Waals surface area contributed by atoms with Gasteiger partial charge in [0.2, 0.25) is 0 Å². The highest BCUT2D eigenvalue weighted by atomic mass is 35.5. The summed E-state index contributed by atoms with van der Waals surface area (Å²) in [6.07, 6.45) is 0.184. The average molecular weight is 343 g/mol. The molecule has 23 heavy (non-hydrogen) atoms. The second-order valence-corrected chi connectivity index (χ2v) is 7.07. The van der Waals surface area contributed by atoms with Gasteiger partial charge in [-0.3, -0.25) is 4.90 Å². The van der Waals surface area contributed by atoms with E-state index in [1.807, 2.05) is 26.0 Å². The molecule has 0 aromatic heterocycles. The Morgan fingerprint density at radius 1 is 1.17 bits per heavy atom. The van der Waals surface area contributed by atoms with Gasteiger partial charge in [0, 0.05) is 44.2 Å². The molecule has 1 saturated heterocycles. The number of halogens is 1. The fourth-order valence-electron chi connectivity index (χ4n) is 3.18. The molecule has 0 bridgehead atoms. The highest BCUT2D eigenvalue weighted by Crippen LogP contribution is 2.38. The van der Waals surface area contributed by atoms with Gasteiger partial charge in [0.05, 0.1) is 6.10 Å². The molecule has 0 aliphatic carbocycles. The number of benzene rings is 1. The van der Waals surface area contributed by atoms with Gasteiger partial charge < -0.3 is 15.2 Å². The monoisotopic (exact) mass is 342 g/mol. The number of aliphatic hydroxyl groups is 1. The van der Waals surface area contributed by atoms with E-state index in [1.54, 1.807) is 0 Å². The Hall–Kier alpha value is -0.810. The molecule has 0 spiro atoms. The number of hydrogen-bond donors (Lipinski definition) is 2. The lowest BCUT2D eigenvalue weighted by molar-refractivity contribution is 0.0305. The first kappa shape index (κ1) is 20.2. The van der Waals surface area contributed by atoms with E-state index in [9.17, 15) is 5.11 Å². The number of nitrogens with one attached hydrogen (secondary N) is 1. The summed E-state index contributed by atoms with van der Waals surface area (Å²) in [7, 11) is 0. The van der Waals surface area contributed by atoms with Gasteiger partial charge >= 0.3 is 0 Å². The summed E-state index contributed by atoms with van der Waals surface area (Å²) in [5.41, 5.74) is 1.06. The van der Waals surface area contributed by atoms with Gasteiger partial charge in [0.1, 0.15) is 5.75 Å². The molecule has 1 heterocycles. The fourth-order valence-corrected chi connectivity index (χ4v) is 3.18. The second-order valence-electron chi connectivity index (χ2n) is 7.07. The number of nitrogens with zero attached hydrogens (tertiary/aromatic N) is 1. The summed E-state index contributed by atoms with van der Waals surface area (Å²) in [5.74, 6) is 0.902. The van der Waals surface area contributed by atoms with Gasteiger partial charge in [-0.25, -0.2) is 0 Å². The van der Waals surface area contributed by atoms with Crippen LogP contribution in [0.3, 0.4) is 0 Å². The van der Waals surface area contributed by atoms with E-state index >= 15 is 0 Å². The van der Waals surface area contributed by atoms with E-state index in [1.165, 1.54) is 5.56 Å². The first-order chi connectivity index (χ1) is 10.4. The molecular weight excluding hydrogens is 312 g/mol. The Morgan fingerprint density at radius 2 is 1.74 bits per heavy atom. The Bertz CT molecular complexity index is 457. The molecule has 132 valence electrons. The molecule has 0 radical (unpaired) electrons. The molecule has 1 aliphatic rings. The molecular formula is C18H31ClN2O2. The molecule has 0 unspecified atom stereocenters. The zero-order chi connectivity index (χ0) is 16.2.